The Bertz CT molecular complexity index is 791. The molecule has 2 aromatic carbocycles. The number of benzene rings is 2. The Labute approximate surface area is 115 Å². The molecule has 100 valence electrons. The van der Waals surface area contributed by atoms with Gasteiger partial charge in [-0.05, 0) is 42.5 Å². The van der Waals surface area contributed by atoms with E-state index in [1.807, 2.05) is 36.4 Å². The van der Waals surface area contributed by atoms with Crippen LogP contribution in [0.25, 0.3) is 10.8 Å². The molecule has 0 radical (unpaired) electrons. The average Bonchev–Trinajstić information content (AvgIpc) is 2.49. The lowest BCUT2D eigenvalue weighted by Gasteiger charge is -2.09. The number of H-pyrrole nitrogens is 1. The van der Waals surface area contributed by atoms with Gasteiger partial charge in [-0.25, -0.2) is 0 Å². The normalized spacial score (nSPS) is 10.4. The van der Waals surface area contributed by atoms with Crippen LogP contribution in [0.2, 0.25) is 0 Å². The summed E-state index contributed by atoms with van der Waals surface area (Å²) in [4.78, 5) is 14.4. The second kappa shape index (κ2) is 5.09. The third-order valence-corrected chi connectivity index (χ3v) is 3.06. The fourth-order valence-electron chi connectivity index (χ4n) is 2.05. The number of hydrogen-bond acceptors (Lipinski definition) is 3. The Morgan fingerprint density at radius 2 is 1.65 bits per heavy atom. The first kappa shape index (κ1) is 12.3. The zero-order chi connectivity index (χ0) is 13.9. The van der Waals surface area contributed by atoms with E-state index in [0.717, 1.165) is 11.1 Å². The molecule has 3 rings (SSSR count). The van der Waals surface area contributed by atoms with Crippen molar-refractivity contribution in [1.29, 1.82) is 0 Å². The lowest BCUT2D eigenvalue weighted by atomic mass is 10.1. The molecule has 1 heterocycles. The lowest BCUT2D eigenvalue weighted by Crippen LogP contribution is -2.04. The minimum absolute atomic E-state index is 0.123. The van der Waals surface area contributed by atoms with Crippen molar-refractivity contribution in [2.24, 2.45) is 0 Å². The number of aromatic amines is 1. The molecule has 0 amide bonds. The molecule has 0 spiro atoms. The molecule has 4 nitrogen and oxygen atoms in total. The van der Waals surface area contributed by atoms with Crippen LogP contribution in [0.15, 0.2) is 59.5 Å². The van der Waals surface area contributed by atoms with Gasteiger partial charge in [-0.2, -0.15) is 0 Å². The van der Waals surface area contributed by atoms with Gasteiger partial charge < -0.3 is 14.5 Å². The Morgan fingerprint density at radius 3 is 2.40 bits per heavy atom. The zero-order valence-corrected chi connectivity index (χ0v) is 10.9. The van der Waals surface area contributed by atoms with E-state index in [4.69, 9.17) is 9.47 Å². The molecule has 20 heavy (non-hydrogen) atoms. The van der Waals surface area contributed by atoms with Crippen LogP contribution < -0.4 is 15.0 Å². The van der Waals surface area contributed by atoms with Crippen molar-refractivity contribution >= 4 is 10.8 Å². The van der Waals surface area contributed by atoms with E-state index < -0.39 is 0 Å². The van der Waals surface area contributed by atoms with Crippen molar-refractivity contribution in [3.05, 3.63) is 65.1 Å². The predicted octanol–water partition coefficient (Wildman–Crippen LogP) is 3.33. The fourth-order valence-corrected chi connectivity index (χ4v) is 2.05. The molecule has 0 bridgehead atoms. The van der Waals surface area contributed by atoms with Gasteiger partial charge in [-0.3, -0.25) is 4.79 Å². The number of aromatic nitrogens is 1. The minimum Gasteiger partial charge on any atom is -0.497 e. The summed E-state index contributed by atoms with van der Waals surface area (Å²) in [6, 6.07) is 14.5. The SMILES string of the molecule is COc1ccc(Oc2cccc3c(=O)[nH]ccc23)cc1. The molecule has 0 fully saturated rings. The molecule has 1 aromatic heterocycles. The van der Waals surface area contributed by atoms with Crippen LogP contribution >= 0.6 is 0 Å². The van der Waals surface area contributed by atoms with Crippen LogP contribution in [-0.2, 0) is 0 Å². The first-order valence-corrected chi connectivity index (χ1v) is 6.20. The largest absolute Gasteiger partial charge is 0.497 e. The Morgan fingerprint density at radius 1 is 0.900 bits per heavy atom. The van der Waals surface area contributed by atoms with Crippen molar-refractivity contribution in [1.82, 2.24) is 4.98 Å². The number of methoxy groups -OCH3 is 1. The average molecular weight is 267 g/mol. The summed E-state index contributed by atoms with van der Waals surface area (Å²) in [6.45, 7) is 0. The maximum absolute atomic E-state index is 11.7. The molecule has 0 saturated carbocycles. The third kappa shape index (κ3) is 2.23. The molecular weight excluding hydrogens is 254 g/mol. The summed E-state index contributed by atoms with van der Waals surface area (Å²) in [6.07, 6.45) is 1.62. The van der Waals surface area contributed by atoms with E-state index >= 15 is 0 Å². The first-order chi connectivity index (χ1) is 9.78. The van der Waals surface area contributed by atoms with Gasteiger partial charge in [0.05, 0.1) is 12.5 Å². The van der Waals surface area contributed by atoms with Gasteiger partial charge in [-0.15, -0.1) is 0 Å². The highest BCUT2D eigenvalue weighted by Gasteiger charge is 2.05. The van der Waals surface area contributed by atoms with E-state index in [1.54, 1.807) is 25.4 Å². The van der Waals surface area contributed by atoms with Gasteiger partial charge in [0.1, 0.15) is 17.2 Å². The quantitative estimate of drug-likeness (QED) is 0.792. The summed E-state index contributed by atoms with van der Waals surface area (Å²) in [5.74, 6) is 2.11. The summed E-state index contributed by atoms with van der Waals surface area (Å²) >= 11 is 0. The van der Waals surface area contributed by atoms with Crippen molar-refractivity contribution in [2.75, 3.05) is 7.11 Å². The highest BCUT2D eigenvalue weighted by Crippen LogP contribution is 2.29. The van der Waals surface area contributed by atoms with Crippen LogP contribution in [0.3, 0.4) is 0 Å². The monoisotopic (exact) mass is 267 g/mol. The zero-order valence-electron chi connectivity index (χ0n) is 10.9. The lowest BCUT2D eigenvalue weighted by molar-refractivity contribution is 0.413. The number of fused-ring (bicyclic) bond motifs is 1. The van der Waals surface area contributed by atoms with Crippen molar-refractivity contribution in [2.45, 2.75) is 0 Å². The van der Waals surface area contributed by atoms with E-state index in [2.05, 4.69) is 4.98 Å². The van der Waals surface area contributed by atoms with Crippen LogP contribution in [0.4, 0.5) is 0 Å². The summed E-state index contributed by atoms with van der Waals surface area (Å²) in [5, 5.41) is 1.39. The van der Waals surface area contributed by atoms with Crippen molar-refractivity contribution in [3.8, 4) is 17.2 Å². The van der Waals surface area contributed by atoms with Crippen LogP contribution in [0.5, 0.6) is 17.2 Å². The van der Waals surface area contributed by atoms with E-state index in [9.17, 15) is 4.79 Å². The summed E-state index contributed by atoms with van der Waals surface area (Å²) < 4.78 is 10.9. The highest BCUT2D eigenvalue weighted by molar-refractivity contribution is 5.87. The smallest absolute Gasteiger partial charge is 0.255 e. The van der Waals surface area contributed by atoms with E-state index in [-0.39, 0.29) is 5.56 Å². The van der Waals surface area contributed by atoms with Gasteiger partial charge in [-0.1, -0.05) is 6.07 Å². The Balaban J connectivity index is 2.02. The number of nitrogens with one attached hydrogen (secondary N) is 1. The maximum atomic E-state index is 11.7. The summed E-state index contributed by atoms with van der Waals surface area (Å²) in [5.41, 5.74) is -0.123. The number of rotatable bonds is 3. The number of ether oxygens (including phenoxy) is 2. The van der Waals surface area contributed by atoms with Crippen molar-refractivity contribution < 1.29 is 9.47 Å². The Kier molecular flexibility index (Phi) is 3.13. The molecule has 0 atom stereocenters. The van der Waals surface area contributed by atoms with Crippen molar-refractivity contribution in [3.63, 3.8) is 0 Å². The Hall–Kier alpha value is -2.75. The second-order valence-corrected chi connectivity index (χ2v) is 4.30. The topological polar surface area (TPSA) is 51.3 Å². The standard InChI is InChI=1S/C16H13NO3/c1-19-11-5-7-12(8-6-11)20-15-4-2-3-14-13(15)9-10-17-16(14)18/h2-10H,1H3,(H,17,18). The molecule has 0 saturated heterocycles. The molecule has 0 aliphatic heterocycles. The molecule has 3 aromatic rings. The molecule has 0 unspecified atom stereocenters. The minimum atomic E-state index is -0.123. The van der Waals surface area contributed by atoms with E-state index in [1.165, 1.54) is 0 Å². The number of pyridine rings is 1. The maximum Gasteiger partial charge on any atom is 0.255 e. The van der Waals surface area contributed by atoms with Gasteiger partial charge in [0.25, 0.3) is 5.56 Å². The molecule has 1 N–H and O–H groups in total. The summed E-state index contributed by atoms with van der Waals surface area (Å²) in [7, 11) is 1.62. The van der Waals surface area contributed by atoms with Gasteiger partial charge in [0.15, 0.2) is 0 Å². The predicted molar refractivity (Wildman–Crippen MR) is 77.6 cm³/mol. The van der Waals surface area contributed by atoms with Gasteiger partial charge in [0, 0.05) is 11.6 Å². The third-order valence-electron chi connectivity index (χ3n) is 3.06. The van der Waals surface area contributed by atoms with E-state index in [0.29, 0.717) is 16.9 Å². The van der Waals surface area contributed by atoms with Gasteiger partial charge >= 0.3 is 0 Å². The first-order valence-electron chi connectivity index (χ1n) is 6.20. The highest BCUT2D eigenvalue weighted by atomic mass is 16.5. The van der Waals surface area contributed by atoms with Crippen LogP contribution in [-0.4, -0.2) is 12.1 Å². The second-order valence-electron chi connectivity index (χ2n) is 4.30. The van der Waals surface area contributed by atoms with Gasteiger partial charge in [0.2, 0.25) is 0 Å². The number of hydrogen-bond donors (Lipinski definition) is 1. The van der Waals surface area contributed by atoms with Crippen LogP contribution in [0.1, 0.15) is 0 Å². The molecule has 4 heteroatoms. The fraction of sp³-hybridized carbons (Fsp3) is 0.0625. The van der Waals surface area contributed by atoms with Crippen LogP contribution in [0, 0.1) is 0 Å². The molecular formula is C16H13NO3. The molecule has 0 aliphatic rings. The molecule has 0 aliphatic carbocycles.